The number of thiocarbonyl (C=S) groups is 1. The van der Waals surface area contributed by atoms with Gasteiger partial charge in [0.05, 0.1) is 0 Å². The maximum Gasteiger partial charge on any atom is 0.294 e. The highest BCUT2D eigenvalue weighted by Crippen LogP contribution is 2.38. The van der Waals surface area contributed by atoms with E-state index in [1.807, 2.05) is 32.9 Å². The van der Waals surface area contributed by atoms with Gasteiger partial charge in [0, 0.05) is 11.1 Å². The molecule has 0 atom stereocenters. The number of benzene rings is 1. The van der Waals surface area contributed by atoms with Crippen molar-refractivity contribution in [3.8, 4) is 5.75 Å². The second kappa shape index (κ2) is 5.64. The Morgan fingerprint density at radius 2 is 1.74 bits per heavy atom. The number of nitrogens with one attached hydrogen (secondary N) is 1. The second-order valence-electron chi connectivity index (χ2n) is 7.81. The molecule has 1 fully saturated rings. The molecule has 0 aromatic heterocycles. The monoisotopic (exact) mass is 333 g/mol. The van der Waals surface area contributed by atoms with Crippen molar-refractivity contribution in [2.24, 2.45) is 0 Å². The van der Waals surface area contributed by atoms with Crippen LogP contribution in [0.2, 0.25) is 0 Å². The van der Waals surface area contributed by atoms with Crippen LogP contribution in [0.1, 0.15) is 58.2 Å². The van der Waals surface area contributed by atoms with E-state index in [1.54, 1.807) is 0 Å². The van der Waals surface area contributed by atoms with E-state index in [9.17, 15) is 9.90 Å². The number of ether oxygens (including phenoxy) is 1. The zero-order valence-electron chi connectivity index (χ0n) is 14.4. The molecule has 1 aromatic rings. The first-order chi connectivity index (χ1) is 10.4. The molecule has 0 bridgehead atoms. The van der Waals surface area contributed by atoms with E-state index in [0.717, 1.165) is 11.1 Å². The fourth-order valence-electron chi connectivity index (χ4n) is 2.33. The van der Waals surface area contributed by atoms with Crippen LogP contribution in [0.25, 0.3) is 6.08 Å². The number of hydrogen-bond acceptors (Lipinski definition) is 4. The molecule has 0 aliphatic carbocycles. The number of carbonyl (C=O) groups is 1. The lowest BCUT2D eigenvalue weighted by Gasteiger charge is -2.27. The molecular formula is C18H23NO3S. The summed E-state index contributed by atoms with van der Waals surface area (Å²) in [6.07, 6.45) is 1.54. The molecule has 1 aliphatic rings. The van der Waals surface area contributed by atoms with E-state index in [2.05, 4.69) is 26.1 Å². The third-order valence-corrected chi connectivity index (χ3v) is 3.93. The van der Waals surface area contributed by atoms with E-state index in [4.69, 9.17) is 17.0 Å². The summed E-state index contributed by atoms with van der Waals surface area (Å²) in [6, 6.07) is 3.91. The summed E-state index contributed by atoms with van der Waals surface area (Å²) in [7, 11) is 0. The van der Waals surface area contributed by atoms with E-state index in [1.165, 1.54) is 6.08 Å². The van der Waals surface area contributed by atoms with Crippen molar-refractivity contribution in [1.82, 2.24) is 5.32 Å². The number of hydrogen-bond donors (Lipinski definition) is 2. The minimum atomic E-state index is -0.395. The fourth-order valence-corrected chi connectivity index (χ4v) is 2.52. The first kappa shape index (κ1) is 17.5. The van der Waals surface area contributed by atoms with Crippen molar-refractivity contribution in [1.29, 1.82) is 0 Å². The molecule has 4 nitrogen and oxygen atoms in total. The van der Waals surface area contributed by atoms with Gasteiger partial charge in [-0.2, -0.15) is 0 Å². The summed E-state index contributed by atoms with van der Waals surface area (Å²) >= 11 is 4.83. The number of rotatable bonds is 1. The lowest BCUT2D eigenvalue weighted by atomic mass is 9.79. The van der Waals surface area contributed by atoms with Crippen molar-refractivity contribution in [2.45, 2.75) is 52.4 Å². The SMILES string of the molecule is CC(C)(C)c1cc(/C=C2\OC(=S)NC2=O)c(O)c(C(C)(C)C)c1. The summed E-state index contributed by atoms with van der Waals surface area (Å²) in [5.74, 6) is -0.142. The summed E-state index contributed by atoms with van der Waals surface area (Å²) in [5.41, 5.74) is 2.14. The zero-order valence-corrected chi connectivity index (χ0v) is 15.2. The minimum Gasteiger partial charge on any atom is -0.507 e. The Labute approximate surface area is 142 Å². The predicted octanol–water partition coefficient (Wildman–Crippen LogP) is 3.76. The molecule has 1 saturated heterocycles. The smallest absolute Gasteiger partial charge is 0.294 e. The van der Waals surface area contributed by atoms with Crippen LogP contribution in [-0.4, -0.2) is 16.2 Å². The van der Waals surface area contributed by atoms with Gasteiger partial charge in [0.1, 0.15) is 5.75 Å². The topological polar surface area (TPSA) is 58.6 Å². The molecule has 1 heterocycles. The zero-order chi connectivity index (χ0) is 17.6. The maximum absolute atomic E-state index is 11.8. The van der Waals surface area contributed by atoms with Crippen LogP contribution in [0.5, 0.6) is 5.75 Å². The fraction of sp³-hybridized carbons (Fsp3) is 0.444. The van der Waals surface area contributed by atoms with Gasteiger partial charge in [-0.3, -0.25) is 10.1 Å². The maximum atomic E-state index is 11.8. The first-order valence-corrected chi connectivity index (χ1v) is 7.93. The summed E-state index contributed by atoms with van der Waals surface area (Å²) in [5, 5.41) is 13.1. The van der Waals surface area contributed by atoms with Crippen LogP contribution in [0.15, 0.2) is 17.9 Å². The van der Waals surface area contributed by atoms with Gasteiger partial charge in [-0.05, 0) is 40.8 Å². The van der Waals surface area contributed by atoms with Gasteiger partial charge < -0.3 is 9.84 Å². The molecule has 0 saturated carbocycles. The van der Waals surface area contributed by atoms with Gasteiger partial charge in [-0.1, -0.05) is 47.6 Å². The van der Waals surface area contributed by atoms with E-state index in [0.29, 0.717) is 5.56 Å². The van der Waals surface area contributed by atoms with Crippen LogP contribution < -0.4 is 5.32 Å². The van der Waals surface area contributed by atoms with Crippen LogP contribution in [0, 0.1) is 0 Å². The standard InChI is InChI=1S/C18H23NO3S/c1-17(2,3)11-7-10(8-13-15(21)19-16(23)22-13)14(20)12(9-11)18(4,5)6/h7-9,20H,1-6H3,(H,19,21,23)/b13-8-. The van der Waals surface area contributed by atoms with Gasteiger partial charge >= 0.3 is 0 Å². The Hall–Kier alpha value is -1.88. The third kappa shape index (κ3) is 3.72. The number of carbonyl (C=O) groups excluding carboxylic acids is 1. The Morgan fingerprint density at radius 1 is 1.13 bits per heavy atom. The minimum absolute atomic E-state index is 0.0313. The molecule has 0 radical (unpaired) electrons. The molecule has 1 aromatic carbocycles. The van der Waals surface area contributed by atoms with E-state index >= 15 is 0 Å². The Kier molecular flexibility index (Phi) is 4.28. The molecule has 124 valence electrons. The molecule has 0 unspecified atom stereocenters. The molecular weight excluding hydrogens is 310 g/mol. The van der Waals surface area contributed by atoms with Crippen molar-refractivity contribution in [2.75, 3.05) is 0 Å². The highest BCUT2D eigenvalue weighted by Gasteiger charge is 2.27. The average Bonchev–Trinajstić information content (AvgIpc) is 2.67. The Bertz CT molecular complexity index is 706. The van der Waals surface area contributed by atoms with E-state index < -0.39 is 5.91 Å². The lowest BCUT2D eigenvalue weighted by Crippen LogP contribution is -2.18. The molecule has 0 spiro atoms. The van der Waals surface area contributed by atoms with Crippen LogP contribution >= 0.6 is 12.2 Å². The number of phenols is 1. The van der Waals surface area contributed by atoms with Gasteiger partial charge in [-0.15, -0.1) is 0 Å². The highest BCUT2D eigenvalue weighted by atomic mass is 32.1. The largest absolute Gasteiger partial charge is 0.507 e. The van der Waals surface area contributed by atoms with Gasteiger partial charge in [0.25, 0.3) is 11.1 Å². The van der Waals surface area contributed by atoms with Gasteiger partial charge in [0.2, 0.25) is 0 Å². The lowest BCUT2D eigenvalue weighted by molar-refractivity contribution is -0.116. The van der Waals surface area contributed by atoms with Crippen molar-refractivity contribution in [3.63, 3.8) is 0 Å². The Balaban J connectivity index is 2.66. The first-order valence-electron chi connectivity index (χ1n) is 7.52. The van der Waals surface area contributed by atoms with Crippen molar-refractivity contribution >= 4 is 29.4 Å². The van der Waals surface area contributed by atoms with E-state index in [-0.39, 0.29) is 27.5 Å². The van der Waals surface area contributed by atoms with Gasteiger partial charge in [0.15, 0.2) is 5.76 Å². The molecule has 1 aliphatic heterocycles. The second-order valence-corrected chi connectivity index (χ2v) is 8.18. The number of aromatic hydroxyl groups is 1. The predicted molar refractivity (Wildman–Crippen MR) is 95.3 cm³/mol. The van der Waals surface area contributed by atoms with Crippen LogP contribution in [0.3, 0.4) is 0 Å². The summed E-state index contributed by atoms with van der Waals surface area (Å²) < 4.78 is 5.20. The Morgan fingerprint density at radius 3 is 2.17 bits per heavy atom. The highest BCUT2D eigenvalue weighted by molar-refractivity contribution is 7.80. The molecule has 2 N–H and O–H groups in total. The van der Waals surface area contributed by atoms with Crippen molar-refractivity contribution < 1.29 is 14.6 Å². The average molecular weight is 333 g/mol. The van der Waals surface area contributed by atoms with Crippen molar-refractivity contribution in [3.05, 3.63) is 34.6 Å². The molecule has 1 amide bonds. The van der Waals surface area contributed by atoms with Crippen LogP contribution in [-0.2, 0) is 20.4 Å². The quantitative estimate of drug-likeness (QED) is 0.607. The molecule has 23 heavy (non-hydrogen) atoms. The molecule has 5 heteroatoms. The third-order valence-electron chi connectivity index (χ3n) is 3.74. The summed E-state index contributed by atoms with van der Waals surface area (Å²) in [4.78, 5) is 11.8. The van der Waals surface area contributed by atoms with Crippen LogP contribution in [0.4, 0.5) is 0 Å². The number of phenolic OH excluding ortho intramolecular Hbond substituents is 1. The van der Waals surface area contributed by atoms with Gasteiger partial charge in [-0.25, -0.2) is 0 Å². The number of amides is 1. The molecule has 2 rings (SSSR count). The normalized spacial score (nSPS) is 17.4. The summed E-state index contributed by atoms with van der Waals surface area (Å²) in [6.45, 7) is 12.4.